The largest absolute Gasteiger partial charge is 0.416 e. The van der Waals surface area contributed by atoms with Crippen molar-refractivity contribution in [3.05, 3.63) is 63.5 Å². The monoisotopic (exact) mass is 396 g/mol. The van der Waals surface area contributed by atoms with E-state index in [-0.39, 0.29) is 17.9 Å². The van der Waals surface area contributed by atoms with Crippen molar-refractivity contribution in [2.24, 2.45) is 5.16 Å². The molecule has 7 nitrogen and oxygen atoms in total. The second-order valence-corrected chi connectivity index (χ2v) is 6.09. The van der Waals surface area contributed by atoms with E-state index in [4.69, 9.17) is 4.84 Å². The van der Waals surface area contributed by atoms with Gasteiger partial charge in [-0.2, -0.15) is 13.2 Å². The summed E-state index contributed by atoms with van der Waals surface area (Å²) in [5, 5.41) is 7.39. The summed E-state index contributed by atoms with van der Waals surface area (Å²) in [6.07, 6.45) is -2.14. The highest BCUT2D eigenvalue weighted by Crippen LogP contribution is 2.30. The molecular weight excluding hydrogens is 385 g/mol. The third kappa shape index (κ3) is 4.70. The van der Waals surface area contributed by atoms with Gasteiger partial charge in [0.25, 0.3) is 11.5 Å². The summed E-state index contributed by atoms with van der Waals surface area (Å²) in [4.78, 5) is 33.1. The van der Waals surface area contributed by atoms with Gasteiger partial charge >= 0.3 is 6.18 Å². The molecule has 0 fully saturated rings. The Bertz CT molecular complexity index is 1060. The SMILES string of the molecule is O=C(/C=N\OCc1cc(=O)n2ccsc2n1)Nc1cccc(C(F)(F)F)c1. The lowest BCUT2D eigenvalue weighted by Crippen LogP contribution is -2.14. The van der Waals surface area contributed by atoms with Crippen LogP contribution in [-0.4, -0.2) is 21.5 Å². The Balaban J connectivity index is 1.56. The summed E-state index contributed by atoms with van der Waals surface area (Å²) in [6.45, 7) is -0.142. The number of hydrogen-bond acceptors (Lipinski definition) is 6. The van der Waals surface area contributed by atoms with Gasteiger partial charge in [0.1, 0.15) is 6.21 Å². The minimum atomic E-state index is -4.51. The first kappa shape index (κ1) is 18.6. The molecule has 0 aliphatic heterocycles. The van der Waals surface area contributed by atoms with Gasteiger partial charge in [0, 0.05) is 23.3 Å². The molecule has 11 heteroatoms. The van der Waals surface area contributed by atoms with E-state index >= 15 is 0 Å². The standard InChI is InChI=1S/C16H11F3N4O3S/c17-16(18,19)10-2-1-3-11(6-10)21-13(24)8-20-26-9-12-7-14(25)23-4-5-27-15(23)22-12/h1-8H,9H2,(H,21,24)/b20-8-. The average Bonchev–Trinajstić information content (AvgIpc) is 3.07. The molecule has 0 radical (unpaired) electrons. The van der Waals surface area contributed by atoms with Gasteiger partial charge in [-0.15, -0.1) is 11.3 Å². The molecule has 0 aliphatic carbocycles. The molecular formula is C16H11F3N4O3S. The second kappa shape index (κ2) is 7.58. The average molecular weight is 396 g/mol. The van der Waals surface area contributed by atoms with Crippen molar-refractivity contribution in [2.45, 2.75) is 12.8 Å². The highest BCUT2D eigenvalue weighted by atomic mass is 32.1. The first-order chi connectivity index (χ1) is 12.8. The minimum absolute atomic E-state index is 0.0286. The molecule has 3 aromatic rings. The molecule has 2 aromatic heterocycles. The number of thiazole rings is 1. The fourth-order valence-corrected chi connectivity index (χ4v) is 2.84. The number of carbonyl (C=O) groups excluding carboxylic acids is 1. The molecule has 0 aliphatic rings. The topological polar surface area (TPSA) is 85.1 Å². The number of amides is 1. The van der Waals surface area contributed by atoms with E-state index in [1.165, 1.54) is 33.9 Å². The van der Waals surface area contributed by atoms with Gasteiger partial charge in [0.05, 0.1) is 11.3 Å². The number of carbonyl (C=O) groups is 1. The highest BCUT2D eigenvalue weighted by Gasteiger charge is 2.30. The van der Waals surface area contributed by atoms with Gasteiger partial charge in [-0.05, 0) is 18.2 Å². The lowest BCUT2D eigenvalue weighted by atomic mass is 10.2. The molecule has 1 aromatic carbocycles. The number of benzene rings is 1. The van der Waals surface area contributed by atoms with Crippen molar-refractivity contribution >= 4 is 34.1 Å². The maximum atomic E-state index is 12.6. The molecule has 0 atom stereocenters. The molecule has 140 valence electrons. The molecule has 0 bridgehead atoms. The predicted octanol–water partition coefficient (Wildman–Crippen LogP) is 2.92. The van der Waals surface area contributed by atoms with E-state index in [1.807, 2.05) is 0 Å². The third-order valence-corrected chi connectivity index (χ3v) is 4.03. The summed E-state index contributed by atoms with van der Waals surface area (Å²) in [7, 11) is 0. The Morgan fingerprint density at radius 2 is 2.19 bits per heavy atom. The lowest BCUT2D eigenvalue weighted by Gasteiger charge is -2.08. The Morgan fingerprint density at radius 1 is 1.37 bits per heavy atom. The maximum Gasteiger partial charge on any atom is 0.416 e. The minimum Gasteiger partial charge on any atom is -0.389 e. The van der Waals surface area contributed by atoms with Gasteiger partial charge in [0.15, 0.2) is 11.6 Å². The summed E-state index contributed by atoms with van der Waals surface area (Å²) in [5.74, 6) is -0.768. The van der Waals surface area contributed by atoms with Crippen LogP contribution in [0.5, 0.6) is 0 Å². The normalized spacial score (nSPS) is 11.8. The highest BCUT2D eigenvalue weighted by molar-refractivity contribution is 7.15. The number of rotatable bonds is 5. The van der Waals surface area contributed by atoms with E-state index < -0.39 is 17.6 Å². The molecule has 1 N–H and O–H groups in total. The van der Waals surface area contributed by atoms with Crippen molar-refractivity contribution < 1.29 is 22.8 Å². The van der Waals surface area contributed by atoms with E-state index in [0.717, 1.165) is 18.3 Å². The molecule has 27 heavy (non-hydrogen) atoms. The second-order valence-electron chi connectivity index (χ2n) is 5.22. The zero-order chi connectivity index (χ0) is 19.4. The van der Waals surface area contributed by atoms with Crippen molar-refractivity contribution in [3.63, 3.8) is 0 Å². The van der Waals surface area contributed by atoms with Crippen LogP contribution in [0.15, 0.2) is 51.9 Å². The molecule has 0 unspecified atom stereocenters. The Hall–Kier alpha value is -3.21. The van der Waals surface area contributed by atoms with Crippen molar-refractivity contribution in [2.75, 3.05) is 5.32 Å². The van der Waals surface area contributed by atoms with Crippen LogP contribution >= 0.6 is 11.3 Å². The van der Waals surface area contributed by atoms with E-state index in [9.17, 15) is 22.8 Å². The van der Waals surface area contributed by atoms with Crippen molar-refractivity contribution in [1.29, 1.82) is 0 Å². The van der Waals surface area contributed by atoms with Crippen LogP contribution in [0.25, 0.3) is 4.96 Å². The number of nitrogens with zero attached hydrogens (tertiary/aromatic N) is 3. The van der Waals surface area contributed by atoms with E-state index in [0.29, 0.717) is 10.7 Å². The van der Waals surface area contributed by atoms with Gasteiger partial charge in [-0.1, -0.05) is 11.2 Å². The quantitative estimate of drug-likeness (QED) is 0.531. The lowest BCUT2D eigenvalue weighted by molar-refractivity contribution is -0.137. The third-order valence-electron chi connectivity index (χ3n) is 3.27. The van der Waals surface area contributed by atoms with Crippen LogP contribution in [0.1, 0.15) is 11.3 Å². The fraction of sp³-hybridized carbons (Fsp3) is 0.125. The van der Waals surface area contributed by atoms with E-state index in [2.05, 4.69) is 15.5 Å². The van der Waals surface area contributed by atoms with Crippen LogP contribution < -0.4 is 10.9 Å². The summed E-state index contributed by atoms with van der Waals surface area (Å²) in [6, 6.07) is 5.47. The number of anilines is 1. The number of fused-ring (bicyclic) bond motifs is 1. The smallest absolute Gasteiger partial charge is 0.389 e. The molecule has 2 heterocycles. The molecule has 0 saturated carbocycles. The number of oxime groups is 1. The Morgan fingerprint density at radius 3 is 2.96 bits per heavy atom. The van der Waals surface area contributed by atoms with Crippen LogP contribution in [-0.2, 0) is 22.4 Å². The fourth-order valence-electron chi connectivity index (χ4n) is 2.10. The first-order valence-electron chi connectivity index (χ1n) is 7.42. The zero-order valence-corrected chi connectivity index (χ0v) is 14.3. The van der Waals surface area contributed by atoms with Gasteiger partial charge < -0.3 is 10.2 Å². The number of hydrogen-bond donors (Lipinski definition) is 1. The molecule has 3 rings (SSSR count). The van der Waals surface area contributed by atoms with Crippen molar-refractivity contribution in [1.82, 2.24) is 9.38 Å². The predicted molar refractivity (Wildman–Crippen MR) is 92.7 cm³/mol. The molecule has 1 amide bonds. The van der Waals surface area contributed by atoms with Gasteiger partial charge in [-0.3, -0.25) is 14.0 Å². The van der Waals surface area contributed by atoms with E-state index in [1.54, 1.807) is 11.6 Å². The molecule has 0 spiro atoms. The number of alkyl halides is 3. The van der Waals surface area contributed by atoms with Crippen LogP contribution in [0.2, 0.25) is 0 Å². The van der Waals surface area contributed by atoms with Crippen LogP contribution in [0.3, 0.4) is 0 Å². The zero-order valence-electron chi connectivity index (χ0n) is 13.4. The van der Waals surface area contributed by atoms with Crippen LogP contribution in [0.4, 0.5) is 18.9 Å². The molecule has 0 saturated heterocycles. The van der Waals surface area contributed by atoms with Crippen LogP contribution in [0, 0.1) is 0 Å². The number of nitrogens with one attached hydrogen (secondary N) is 1. The Kier molecular flexibility index (Phi) is 5.21. The summed E-state index contributed by atoms with van der Waals surface area (Å²) >= 11 is 1.28. The summed E-state index contributed by atoms with van der Waals surface area (Å²) < 4.78 is 39.3. The first-order valence-corrected chi connectivity index (χ1v) is 8.30. The maximum absolute atomic E-state index is 12.6. The number of halogens is 3. The Labute approximate surface area is 153 Å². The summed E-state index contributed by atoms with van der Waals surface area (Å²) in [5.41, 5.74) is -0.849. The van der Waals surface area contributed by atoms with Crippen molar-refractivity contribution in [3.8, 4) is 0 Å². The number of aromatic nitrogens is 2. The van der Waals surface area contributed by atoms with Gasteiger partial charge in [0.2, 0.25) is 0 Å². The van der Waals surface area contributed by atoms with Gasteiger partial charge in [-0.25, -0.2) is 4.98 Å².